The first-order chi connectivity index (χ1) is 16.4. The van der Waals surface area contributed by atoms with E-state index in [1.807, 2.05) is 60.5 Å². The number of carbonyl (C=O) groups excluding carboxylic acids is 1. The molecule has 0 bridgehead atoms. The molecule has 170 valence electrons. The van der Waals surface area contributed by atoms with Crippen LogP contribution in [0.3, 0.4) is 0 Å². The third kappa shape index (κ3) is 4.21. The van der Waals surface area contributed by atoms with Gasteiger partial charge in [0, 0.05) is 11.3 Å². The first-order valence-electron chi connectivity index (χ1n) is 10.5. The van der Waals surface area contributed by atoms with Crippen molar-refractivity contribution in [2.75, 3.05) is 11.2 Å². The maximum Gasteiger partial charge on any atom is 0.197 e. The summed E-state index contributed by atoms with van der Waals surface area (Å²) < 4.78 is 14.5. The third-order valence-electron chi connectivity index (χ3n) is 5.67. The van der Waals surface area contributed by atoms with Crippen molar-refractivity contribution in [2.24, 2.45) is 5.73 Å². The first kappa shape index (κ1) is 23.6. The molecule has 2 N–H and O–H groups in total. The molecule has 0 fully saturated rings. The van der Waals surface area contributed by atoms with E-state index in [-0.39, 0.29) is 27.6 Å². The Morgan fingerprint density at radius 3 is 2.38 bits per heavy atom. The minimum absolute atomic E-state index is 0.0165. The number of hydrogen-bond acceptors (Lipinski definition) is 5. The zero-order chi connectivity index (χ0) is 24.4. The molecule has 7 heteroatoms. The number of para-hydroxylation sites is 1. The second-order valence-electron chi connectivity index (χ2n) is 7.80. The minimum atomic E-state index is -0.740. The van der Waals surface area contributed by atoms with Crippen LogP contribution in [0.1, 0.15) is 27.5 Å². The topological polar surface area (TPSA) is 70.1 Å². The Morgan fingerprint density at radius 2 is 1.79 bits per heavy atom. The molecule has 3 aromatic rings. The minimum Gasteiger partial charge on any atom is -0.397 e. The average Bonchev–Trinajstić information content (AvgIpc) is 2.85. The van der Waals surface area contributed by atoms with E-state index >= 15 is 0 Å². The Balaban J connectivity index is 2.00. The van der Waals surface area contributed by atoms with Crippen LogP contribution < -0.4 is 10.6 Å². The number of carbonyl (C=O) groups is 1. The van der Waals surface area contributed by atoms with Crippen LogP contribution in [-0.2, 0) is 0 Å². The number of rotatable bonds is 5. The molecule has 0 aliphatic carbocycles. The number of thioether (sulfide) groups is 1. The highest BCUT2D eigenvalue weighted by atomic mass is 35.5. The summed E-state index contributed by atoms with van der Waals surface area (Å²) in [6.07, 6.45) is 1.85. The van der Waals surface area contributed by atoms with Gasteiger partial charge in [-0.1, -0.05) is 65.7 Å². The first-order valence-corrected chi connectivity index (χ1v) is 12.1. The van der Waals surface area contributed by atoms with E-state index in [0.29, 0.717) is 16.2 Å². The van der Waals surface area contributed by atoms with Crippen molar-refractivity contribution in [1.29, 1.82) is 5.26 Å². The highest BCUT2D eigenvalue weighted by Gasteiger charge is 2.39. The zero-order valence-electron chi connectivity index (χ0n) is 18.5. The van der Waals surface area contributed by atoms with Crippen molar-refractivity contribution < 1.29 is 9.18 Å². The summed E-state index contributed by atoms with van der Waals surface area (Å²) in [7, 11) is 0. The fraction of sp³-hybridized carbons (Fsp3) is 0.111. The molecular formula is C27H21ClFN3OS. The Hall–Kier alpha value is -3.53. The number of halogens is 2. The van der Waals surface area contributed by atoms with Gasteiger partial charge < -0.3 is 10.6 Å². The number of Topliss-reactive ketones (excluding diaryl/α,β-unsaturated/α-hetero) is 1. The molecule has 1 atom stereocenters. The highest BCUT2D eigenvalue weighted by molar-refractivity contribution is 8.02. The lowest BCUT2D eigenvalue weighted by Gasteiger charge is -2.40. The monoisotopic (exact) mass is 489 g/mol. The summed E-state index contributed by atoms with van der Waals surface area (Å²) >= 11 is 7.27. The van der Waals surface area contributed by atoms with Gasteiger partial charge in [-0.05, 0) is 43.0 Å². The van der Waals surface area contributed by atoms with Crippen LogP contribution in [0.2, 0.25) is 5.02 Å². The summed E-state index contributed by atoms with van der Waals surface area (Å²) in [6.45, 7) is 1.94. The number of nitrogens with two attached hydrogens (primary N) is 1. The molecule has 1 unspecified atom stereocenters. The fourth-order valence-electron chi connectivity index (χ4n) is 4.01. The number of allylic oxidation sites excluding steroid dienone is 1. The van der Waals surface area contributed by atoms with Gasteiger partial charge in [-0.15, -0.1) is 11.8 Å². The predicted molar refractivity (Wildman–Crippen MR) is 136 cm³/mol. The Morgan fingerprint density at radius 1 is 1.12 bits per heavy atom. The molecule has 0 saturated carbocycles. The number of ketones is 1. The lowest BCUT2D eigenvalue weighted by atomic mass is 9.88. The molecular weight excluding hydrogens is 469 g/mol. The Bertz CT molecular complexity index is 1360. The molecule has 1 aliphatic heterocycles. The summed E-state index contributed by atoms with van der Waals surface area (Å²) in [6, 6.07) is 22.4. The number of anilines is 1. The Labute approximate surface area is 207 Å². The van der Waals surface area contributed by atoms with Gasteiger partial charge in [0.2, 0.25) is 0 Å². The molecule has 4 rings (SSSR count). The van der Waals surface area contributed by atoms with Crippen LogP contribution in [0, 0.1) is 24.1 Å². The molecule has 0 saturated heterocycles. The van der Waals surface area contributed by atoms with Crippen molar-refractivity contribution in [3.8, 4) is 6.07 Å². The molecule has 0 spiro atoms. The highest BCUT2D eigenvalue weighted by Crippen LogP contribution is 2.46. The summed E-state index contributed by atoms with van der Waals surface area (Å²) in [4.78, 5) is 15.5. The molecule has 1 heterocycles. The van der Waals surface area contributed by atoms with Crippen LogP contribution in [0.15, 0.2) is 94.7 Å². The average molecular weight is 490 g/mol. The fourth-order valence-corrected chi connectivity index (χ4v) is 4.94. The lowest BCUT2D eigenvalue weighted by molar-refractivity contribution is 0.103. The molecule has 0 radical (unpaired) electrons. The van der Waals surface area contributed by atoms with Gasteiger partial charge in [-0.25, -0.2) is 4.39 Å². The standard InChI is InChI=1S/C27H21ClFN3OS/c1-16-8-10-17(11-9-16)26(33)23-24(31)20(15-30)25(18-12-13-21(28)22(29)14-18)32(27(23)34-2)19-6-4-3-5-7-19/h3-14,25H,31H2,1-2H3. The largest absolute Gasteiger partial charge is 0.397 e. The van der Waals surface area contributed by atoms with E-state index in [0.717, 1.165) is 11.3 Å². The smallest absolute Gasteiger partial charge is 0.197 e. The molecule has 34 heavy (non-hydrogen) atoms. The van der Waals surface area contributed by atoms with E-state index < -0.39 is 11.9 Å². The molecule has 1 aliphatic rings. The van der Waals surface area contributed by atoms with E-state index in [9.17, 15) is 14.4 Å². The maximum atomic E-state index is 14.5. The number of hydrogen-bond donors (Lipinski definition) is 1. The zero-order valence-corrected chi connectivity index (χ0v) is 20.1. The number of aryl methyl sites for hydroxylation is 1. The molecule has 4 nitrogen and oxygen atoms in total. The summed E-state index contributed by atoms with van der Waals surface area (Å²) in [5.74, 6) is -0.879. The quantitative estimate of drug-likeness (QED) is 0.412. The van der Waals surface area contributed by atoms with Crippen LogP contribution in [0.25, 0.3) is 0 Å². The van der Waals surface area contributed by atoms with Crippen LogP contribution >= 0.6 is 23.4 Å². The van der Waals surface area contributed by atoms with Crippen molar-refractivity contribution in [2.45, 2.75) is 13.0 Å². The second kappa shape index (κ2) is 9.76. The van der Waals surface area contributed by atoms with Gasteiger partial charge in [0.05, 0.1) is 39.0 Å². The maximum absolute atomic E-state index is 14.5. The number of nitriles is 1. The SMILES string of the molecule is CSC1=C(C(=O)c2ccc(C)cc2)C(N)=C(C#N)C(c2ccc(Cl)c(F)c2)N1c1ccccc1. The van der Waals surface area contributed by atoms with Gasteiger partial charge >= 0.3 is 0 Å². The summed E-state index contributed by atoms with van der Waals surface area (Å²) in [5.41, 5.74) is 9.76. The van der Waals surface area contributed by atoms with E-state index in [1.165, 1.54) is 23.9 Å². The predicted octanol–water partition coefficient (Wildman–Crippen LogP) is 6.54. The second-order valence-corrected chi connectivity index (χ2v) is 9.00. The van der Waals surface area contributed by atoms with E-state index in [2.05, 4.69) is 6.07 Å². The van der Waals surface area contributed by atoms with E-state index in [4.69, 9.17) is 17.3 Å². The number of benzene rings is 3. The van der Waals surface area contributed by atoms with Crippen molar-refractivity contribution in [3.63, 3.8) is 0 Å². The van der Waals surface area contributed by atoms with Crippen LogP contribution in [0.4, 0.5) is 10.1 Å². The molecule has 0 aromatic heterocycles. The van der Waals surface area contributed by atoms with Crippen molar-refractivity contribution in [1.82, 2.24) is 0 Å². The van der Waals surface area contributed by atoms with Gasteiger partial charge in [-0.3, -0.25) is 4.79 Å². The molecule has 0 amide bonds. The van der Waals surface area contributed by atoms with E-state index in [1.54, 1.807) is 18.2 Å². The van der Waals surface area contributed by atoms with Crippen LogP contribution in [-0.4, -0.2) is 12.0 Å². The van der Waals surface area contributed by atoms with Gasteiger partial charge in [0.1, 0.15) is 5.82 Å². The molecule has 3 aromatic carbocycles. The van der Waals surface area contributed by atoms with Crippen molar-refractivity contribution >= 4 is 34.8 Å². The summed E-state index contributed by atoms with van der Waals surface area (Å²) in [5, 5.41) is 10.7. The third-order valence-corrected chi connectivity index (χ3v) is 6.77. The van der Waals surface area contributed by atoms with Gasteiger partial charge in [0.25, 0.3) is 0 Å². The van der Waals surface area contributed by atoms with Gasteiger partial charge in [-0.2, -0.15) is 5.26 Å². The van der Waals surface area contributed by atoms with Crippen molar-refractivity contribution in [3.05, 3.63) is 122 Å². The normalized spacial score (nSPS) is 16.0. The van der Waals surface area contributed by atoms with Gasteiger partial charge in [0.15, 0.2) is 5.78 Å². The lowest BCUT2D eigenvalue weighted by Crippen LogP contribution is -2.36. The van der Waals surface area contributed by atoms with Crippen LogP contribution in [0.5, 0.6) is 0 Å². The Kier molecular flexibility index (Phi) is 6.78. The number of nitrogens with zero attached hydrogens (tertiary/aromatic N) is 2.